The summed E-state index contributed by atoms with van der Waals surface area (Å²) in [7, 11) is 0. The summed E-state index contributed by atoms with van der Waals surface area (Å²) in [4.78, 5) is 16.2. The van der Waals surface area contributed by atoms with E-state index in [4.69, 9.17) is 0 Å². The van der Waals surface area contributed by atoms with Gasteiger partial charge in [0.2, 0.25) is 5.91 Å². The van der Waals surface area contributed by atoms with Crippen LogP contribution in [0.3, 0.4) is 0 Å². The number of amides is 1. The third-order valence-electron chi connectivity index (χ3n) is 2.41. The van der Waals surface area contributed by atoms with Crippen LogP contribution in [0.4, 0.5) is 5.00 Å². The Labute approximate surface area is 118 Å². The highest BCUT2D eigenvalue weighted by Gasteiger charge is 2.15. The minimum Gasteiger partial charge on any atom is -0.316 e. The lowest BCUT2D eigenvalue weighted by Crippen LogP contribution is -2.17. The number of aromatic nitrogens is 1. The Hall–Kier alpha value is -1.20. The normalized spacial score (nSPS) is 10.7. The van der Waals surface area contributed by atoms with Crippen LogP contribution in [-0.2, 0) is 4.79 Å². The van der Waals surface area contributed by atoms with Gasteiger partial charge in [-0.2, -0.15) is 0 Å². The van der Waals surface area contributed by atoms with E-state index in [9.17, 15) is 4.79 Å². The highest BCUT2D eigenvalue weighted by atomic mass is 79.9. The monoisotopic (exact) mass is 324 g/mol. The summed E-state index contributed by atoms with van der Waals surface area (Å²) >= 11 is 4.79. The molecule has 1 amide bonds. The Morgan fingerprint density at radius 2 is 2.00 bits per heavy atom. The van der Waals surface area contributed by atoms with Crippen molar-refractivity contribution in [1.29, 1.82) is 0 Å². The average molecular weight is 325 g/mol. The van der Waals surface area contributed by atoms with E-state index in [0.29, 0.717) is 0 Å². The van der Waals surface area contributed by atoms with Gasteiger partial charge in [-0.05, 0) is 15.9 Å². The van der Waals surface area contributed by atoms with Crippen molar-refractivity contribution in [2.45, 2.75) is 13.8 Å². The molecule has 0 spiro atoms. The fourth-order valence-corrected chi connectivity index (χ4v) is 2.81. The summed E-state index contributed by atoms with van der Waals surface area (Å²) in [6, 6.07) is 9.82. The Balaban J connectivity index is 2.35. The quantitative estimate of drug-likeness (QED) is 0.920. The molecule has 0 fully saturated rings. The van der Waals surface area contributed by atoms with Crippen LogP contribution in [0.1, 0.15) is 13.8 Å². The van der Waals surface area contributed by atoms with Crippen LogP contribution in [0.2, 0.25) is 0 Å². The lowest BCUT2D eigenvalue weighted by molar-refractivity contribution is -0.118. The Bertz CT molecular complexity index is 551. The number of carbonyl (C=O) groups excluding carboxylic acids is 1. The van der Waals surface area contributed by atoms with Crippen molar-refractivity contribution in [2.75, 3.05) is 5.32 Å². The summed E-state index contributed by atoms with van der Waals surface area (Å²) in [5.41, 5.74) is 1.81. The molecule has 5 heteroatoms. The van der Waals surface area contributed by atoms with Crippen molar-refractivity contribution in [2.24, 2.45) is 5.92 Å². The zero-order valence-corrected chi connectivity index (χ0v) is 12.5. The largest absolute Gasteiger partial charge is 0.316 e. The minimum absolute atomic E-state index is 0.00308. The highest BCUT2D eigenvalue weighted by Crippen LogP contribution is 2.35. The van der Waals surface area contributed by atoms with Crippen molar-refractivity contribution in [1.82, 2.24) is 4.98 Å². The van der Waals surface area contributed by atoms with Crippen molar-refractivity contribution >= 4 is 38.2 Å². The number of thiazole rings is 1. The molecule has 0 aliphatic rings. The number of halogens is 1. The van der Waals surface area contributed by atoms with Crippen molar-refractivity contribution < 1.29 is 4.79 Å². The fraction of sp³-hybridized carbons (Fsp3) is 0.231. The molecule has 0 atom stereocenters. The molecule has 0 unspecified atom stereocenters. The fourth-order valence-electron chi connectivity index (χ4n) is 1.43. The van der Waals surface area contributed by atoms with Gasteiger partial charge < -0.3 is 5.32 Å². The van der Waals surface area contributed by atoms with Crippen LogP contribution in [0, 0.1) is 5.92 Å². The molecular formula is C13H13BrN2OS. The molecule has 1 heterocycles. The number of nitrogens with zero attached hydrogens (tertiary/aromatic N) is 1. The van der Waals surface area contributed by atoms with Gasteiger partial charge in [-0.3, -0.25) is 4.79 Å². The molecule has 1 aromatic carbocycles. The number of hydrogen-bond acceptors (Lipinski definition) is 3. The molecule has 18 heavy (non-hydrogen) atoms. The smallest absolute Gasteiger partial charge is 0.227 e. The highest BCUT2D eigenvalue weighted by molar-refractivity contribution is 9.11. The molecule has 0 aliphatic carbocycles. The Morgan fingerprint density at radius 3 is 2.61 bits per heavy atom. The molecule has 1 aromatic heterocycles. The topological polar surface area (TPSA) is 42.0 Å². The van der Waals surface area contributed by atoms with Crippen LogP contribution in [-0.4, -0.2) is 10.9 Å². The number of rotatable bonds is 3. The number of anilines is 1. The van der Waals surface area contributed by atoms with Crippen LogP contribution >= 0.6 is 27.3 Å². The van der Waals surface area contributed by atoms with E-state index in [2.05, 4.69) is 26.2 Å². The molecule has 2 aromatic rings. The number of carbonyl (C=O) groups is 1. The lowest BCUT2D eigenvalue weighted by atomic mass is 10.1. The van der Waals surface area contributed by atoms with Gasteiger partial charge in [0.1, 0.15) is 10.7 Å². The average Bonchev–Trinajstić information content (AvgIpc) is 2.71. The SMILES string of the molecule is CC(C)C(=O)Nc1sc(Br)nc1-c1ccccc1. The molecule has 3 nitrogen and oxygen atoms in total. The maximum absolute atomic E-state index is 11.8. The molecule has 0 bridgehead atoms. The summed E-state index contributed by atoms with van der Waals surface area (Å²) in [6.07, 6.45) is 0. The van der Waals surface area contributed by atoms with E-state index >= 15 is 0 Å². The van der Waals surface area contributed by atoms with Gasteiger partial charge in [0.25, 0.3) is 0 Å². The van der Waals surface area contributed by atoms with E-state index in [0.717, 1.165) is 20.2 Å². The summed E-state index contributed by atoms with van der Waals surface area (Å²) < 4.78 is 0.764. The summed E-state index contributed by atoms with van der Waals surface area (Å²) in [6.45, 7) is 3.74. The maximum Gasteiger partial charge on any atom is 0.227 e. The molecular weight excluding hydrogens is 312 g/mol. The van der Waals surface area contributed by atoms with Gasteiger partial charge in [0.05, 0.1) is 0 Å². The molecule has 1 N–H and O–H groups in total. The second-order valence-corrected chi connectivity index (χ2v) is 6.43. The van der Waals surface area contributed by atoms with Crippen LogP contribution in [0.5, 0.6) is 0 Å². The van der Waals surface area contributed by atoms with Gasteiger partial charge in [-0.15, -0.1) is 0 Å². The first-order valence-corrected chi connectivity index (χ1v) is 7.21. The zero-order chi connectivity index (χ0) is 13.1. The maximum atomic E-state index is 11.8. The Kier molecular flexibility index (Phi) is 4.14. The van der Waals surface area contributed by atoms with Crippen molar-refractivity contribution in [3.05, 3.63) is 34.2 Å². The third-order valence-corrected chi connectivity index (χ3v) is 3.83. The molecule has 0 aliphatic heterocycles. The zero-order valence-electron chi connectivity index (χ0n) is 10.1. The summed E-state index contributed by atoms with van der Waals surface area (Å²) in [5, 5.41) is 3.70. The lowest BCUT2D eigenvalue weighted by Gasteiger charge is -2.07. The number of benzene rings is 1. The number of hydrogen-bond donors (Lipinski definition) is 1. The van der Waals surface area contributed by atoms with Gasteiger partial charge >= 0.3 is 0 Å². The standard InChI is InChI=1S/C13H13BrN2OS/c1-8(2)11(17)16-12-10(15-13(14)18-12)9-6-4-3-5-7-9/h3-8H,1-2H3,(H,16,17). The second kappa shape index (κ2) is 5.63. The van der Waals surface area contributed by atoms with Gasteiger partial charge in [0.15, 0.2) is 3.92 Å². The molecule has 0 saturated carbocycles. The predicted octanol–water partition coefficient (Wildman–Crippen LogP) is 4.17. The third kappa shape index (κ3) is 2.97. The van der Waals surface area contributed by atoms with E-state index in [-0.39, 0.29) is 11.8 Å². The minimum atomic E-state index is -0.0468. The van der Waals surface area contributed by atoms with E-state index in [1.54, 1.807) is 0 Å². The number of nitrogens with one attached hydrogen (secondary N) is 1. The van der Waals surface area contributed by atoms with Crippen LogP contribution < -0.4 is 5.32 Å². The van der Waals surface area contributed by atoms with E-state index in [1.165, 1.54) is 11.3 Å². The Morgan fingerprint density at radius 1 is 1.33 bits per heavy atom. The molecule has 0 saturated heterocycles. The summed E-state index contributed by atoms with van der Waals surface area (Å²) in [5.74, 6) is -0.0437. The van der Waals surface area contributed by atoms with Gasteiger partial charge in [-0.25, -0.2) is 4.98 Å². The molecule has 0 radical (unpaired) electrons. The predicted molar refractivity (Wildman–Crippen MR) is 78.7 cm³/mol. The van der Waals surface area contributed by atoms with Crippen LogP contribution in [0.25, 0.3) is 11.3 Å². The molecule has 94 valence electrons. The van der Waals surface area contributed by atoms with Crippen LogP contribution in [0.15, 0.2) is 34.2 Å². The van der Waals surface area contributed by atoms with Gasteiger partial charge in [-0.1, -0.05) is 55.5 Å². The second-order valence-electron chi connectivity index (χ2n) is 4.15. The first-order valence-electron chi connectivity index (χ1n) is 5.60. The first kappa shape index (κ1) is 13.2. The van der Waals surface area contributed by atoms with Gasteiger partial charge in [0, 0.05) is 11.5 Å². The van der Waals surface area contributed by atoms with E-state index < -0.39 is 0 Å². The van der Waals surface area contributed by atoms with Crippen molar-refractivity contribution in [3.8, 4) is 11.3 Å². The molecule has 2 rings (SSSR count). The van der Waals surface area contributed by atoms with E-state index in [1.807, 2.05) is 44.2 Å². The van der Waals surface area contributed by atoms with Crippen molar-refractivity contribution in [3.63, 3.8) is 0 Å². The first-order chi connectivity index (χ1) is 8.58.